The highest BCUT2D eigenvalue weighted by atomic mass is 15.3. The van der Waals surface area contributed by atoms with E-state index in [0.29, 0.717) is 0 Å². The van der Waals surface area contributed by atoms with Crippen molar-refractivity contribution in [3.63, 3.8) is 0 Å². The molecule has 0 atom stereocenters. The molecule has 1 heterocycles. The maximum absolute atomic E-state index is 2.74. The number of hydrogen-bond donors (Lipinski definition) is 0. The first-order chi connectivity index (χ1) is 9.33. The lowest BCUT2D eigenvalue weighted by molar-refractivity contribution is 0.0878. The van der Waals surface area contributed by atoms with Crippen molar-refractivity contribution < 1.29 is 0 Å². The van der Waals surface area contributed by atoms with Crippen LogP contribution < -0.4 is 0 Å². The zero-order valence-corrected chi connectivity index (χ0v) is 12.1. The van der Waals surface area contributed by atoms with Crippen LogP contribution in [0.25, 0.3) is 0 Å². The smallest absolute Gasteiger partial charge is 0.0113 e. The normalized spacial score (nSPS) is 30.4. The Labute approximate surface area is 117 Å². The average Bonchev–Trinajstić information content (AvgIpc) is 2.49. The van der Waals surface area contributed by atoms with Crippen LogP contribution in [-0.2, 0) is 0 Å². The Morgan fingerprint density at radius 1 is 0.842 bits per heavy atom. The zero-order chi connectivity index (χ0) is 13.1. The molecule has 0 unspecified atom stereocenters. The lowest BCUT2D eigenvalue weighted by Gasteiger charge is -2.41. The number of likely N-dealkylation sites (N-methyl/N-ethyl adjacent to an activating group) is 1. The molecule has 0 amide bonds. The van der Waals surface area contributed by atoms with Gasteiger partial charge >= 0.3 is 0 Å². The van der Waals surface area contributed by atoms with E-state index in [1.165, 1.54) is 51.9 Å². The minimum Gasteiger partial charge on any atom is -0.304 e. The summed E-state index contributed by atoms with van der Waals surface area (Å²) in [6.45, 7) is 5.05. The van der Waals surface area contributed by atoms with Gasteiger partial charge in [-0.2, -0.15) is 0 Å². The van der Waals surface area contributed by atoms with Crippen LogP contribution in [0.1, 0.15) is 37.2 Å². The van der Waals surface area contributed by atoms with E-state index in [-0.39, 0.29) is 0 Å². The molecule has 2 fully saturated rings. The number of nitrogens with zero attached hydrogens (tertiary/aromatic N) is 2. The van der Waals surface area contributed by atoms with Crippen LogP contribution in [-0.4, -0.2) is 49.1 Å². The minimum absolute atomic E-state index is 0.810. The SMILES string of the molecule is CN1CCN(C2CCC(c3ccccc3)CC2)CC1. The van der Waals surface area contributed by atoms with Crippen molar-refractivity contribution >= 4 is 0 Å². The second-order valence-corrected chi connectivity index (χ2v) is 6.26. The summed E-state index contributed by atoms with van der Waals surface area (Å²) in [5.41, 5.74) is 1.55. The Morgan fingerprint density at radius 3 is 2.11 bits per heavy atom. The maximum atomic E-state index is 2.74. The fourth-order valence-electron chi connectivity index (χ4n) is 3.69. The van der Waals surface area contributed by atoms with Crippen LogP contribution in [0.5, 0.6) is 0 Å². The molecule has 1 saturated heterocycles. The Kier molecular flexibility index (Phi) is 4.19. The van der Waals surface area contributed by atoms with Gasteiger partial charge in [-0.15, -0.1) is 0 Å². The van der Waals surface area contributed by atoms with Crippen LogP contribution in [0.3, 0.4) is 0 Å². The van der Waals surface area contributed by atoms with Crippen molar-refractivity contribution in [2.75, 3.05) is 33.2 Å². The summed E-state index contributed by atoms with van der Waals surface area (Å²) in [7, 11) is 2.24. The van der Waals surface area contributed by atoms with Crippen LogP contribution in [0.15, 0.2) is 30.3 Å². The minimum atomic E-state index is 0.810. The monoisotopic (exact) mass is 258 g/mol. The van der Waals surface area contributed by atoms with Gasteiger partial charge < -0.3 is 4.90 Å². The fraction of sp³-hybridized carbons (Fsp3) is 0.647. The van der Waals surface area contributed by atoms with Gasteiger partial charge in [-0.3, -0.25) is 4.90 Å². The molecule has 1 aliphatic heterocycles. The number of benzene rings is 1. The molecule has 0 radical (unpaired) electrons. The molecule has 0 aromatic heterocycles. The lowest BCUT2D eigenvalue weighted by atomic mass is 9.81. The largest absolute Gasteiger partial charge is 0.304 e. The first kappa shape index (κ1) is 13.1. The van der Waals surface area contributed by atoms with Gasteiger partial charge in [0.1, 0.15) is 0 Å². The summed E-state index contributed by atoms with van der Waals surface area (Å²) in [6.07, 6.45) is 5.54. The van der Waals surface area contributed by atoms with Crippen molar-refractivity contribution in [2.45, 2.75) is 37.6 Å². The number of rotatable bonds is 2. The standard InChI is InChI=1S/C17H26N2/c1-18-11-13-19(14-12-18)17-9-7-16(8-10-17)15-5-3-2-4-6-15/h2-6,16-17H,7-14H2,1H3. The van der Waals surface area contributed by atoms with E-state index in [1.54, 1.807) is 5.56 Å². The highest BCUT2D eigenvalue weighted by Gasteiger charge is 2.27. The third-order valence-electron chi connectivity index (χ3n) is 5.02. The van der Waals surface area contributed by atoms with E-state index < -0.39 is 0 Å². The average molecular weight is 258 g/mol. The summed E-state index contributed by atoms with van der Waals surface area (Å²) >= 11 is 0. The summed E-state index contributed by atoms with van der Waals surface area (Å²) in [4.78, 5) is 5.19. The lowest BCUT2D eigenvalue weighted by Crippen LogP contribution is -2.49. The van der Waals surface area contributed by atoms with Gasteiger partial charge in [0.25, 0.3) is 0 Å². The van der Waals surface area contributed by atoms with Crippen molar-refractivity contribution in [3.8, 4) is 0 Å². The van der Waals surface area contributed by atoms with E-state index in [9.17, 15) is 0 Å². The quantitative estimate of drug-likeness (QED) is 0.804. The molecule has 0 spiro atoms. The highest BCUT2D eigenvalue weighted by molar-refractivity contribution is 5.20. The van der Waals surface area contributed by atoms with Gasteiger partial charge in [-0.1, -0.05) is 30.3 Å². The summed E-state index contributed by atoms with van der Waals surface area (Å²) in [6, 6.07) is 12.0. The zero-order valence-electron chi connectivity index (χ0n) is 12.1. The van der Waals surface area contributed by atoms with Gasteiger partial charge in [0, 0.05) is 32.2 Å². The molecule has 0 bridgehead atoms. The molecule has 1 saturated carbocycles. The van der Waals surface area contributed by atoms with Crippen molar-refractivity contribution in [1.29, 1.82) is 0 Å². The third kappa shape index (κ3) is 3.18. The molecule has 2 nitrogen and oxygen atoms in total. The van der Waals surface area contributed by atoms with Gasteiger partial charge in [0.15, 0.2) is 0 Å². The van der Waals surface area contributed by atoms with Crippen molar-refractivity contribution in [1.82, 2.24) is 9.80 Å². The van der Waals surface area contributed by atoms with Crippen molar-refractivity contribution in [3.05, 3.63) is 35.9 Å². The molecule has 1 aliphatic carbocycles. The van der Waals surface area contributed by atoms with Crippen molar-refractivity contribution in [2.24, 2.45) is 0 Å². The molecule has 104 valence electrons. The van der Waals surface area contributed by atoms with Crippen LogP contribution in [0.4, 0.5) is 0 Å². The molecule has 0 N–H and O–H groups in total. The van der Waals surface area contributed by atoms with E-state index in [0.717, 1.165) is 12.0 Å². The van der Waals surface area contributed by atoms with Gasteiger partial charge in [0.05, 0.1) is 0 Å². The summed E-state index contributed by atoms with van der Waals surface area (Å²) < 4.78 is 0. The van der Waals surface area contributed by atoms with Gasteiger partial charge in [-0.25, -0.2) is 0 Å². The Morgan fingerprint density at radius 2 is 1.47 bits per heavy atom. The fourth-order valence-corrected chi connectivity index (χ4v) is 3.69. The number of hydrogen-bond acceptors (Lipinski definition) is 2. The second-order valence-electron chi connectivity index (χ2n) is 6.26. The molecule has 3 rings (SSSR count). The second kappa shape index (κ2) is 6.06. The predicted molar refractivity (Wildman–Crippen MR) is 80.5 cm³/mol. The molecule has 19 heavy (non-hydrogen) atoms. The Balaban J connectivity index is 1.52. The van der Waals surface area contributed by atoms with E-state index in [4.69, 9.17) is 0 Å². The molecule has 1 aromatic carbocycles. The number of piperazine rings is 1. The van der Waals surface area contributed by atoms with Crippen LogP contribution >= 0.6 is 0 Å². The molecule has 1 aromatic rings. The maximum Gasteiger partial charge on any atom is 0.0113 e. The molecular weight excluding hydrogens is 232 g/mol. The predicted octanol–water partition coefficient (Wildman–Crippen LogP) is 2.96. The molecular formula is C17H26N2. The van der Waals surface area contributed by atoms with Gasteiger partial charge in [0.2, 0.25) is 0 Å². The topological polar surface area (TPSA) is 6.48 Å². The van der Waals surface area contributed by atoms with E-state index in [2.05, 4.69) is 47.2 Å². The molecule has 2 heteroatoms. The van der Waals surface area contributed by atoms with Crippen LogP contribution in [0.2, 0.25) is 0 Å². The molecule has 2 aliphatic rings. The third-order valence-corrected chi connectivity index (χ3v) is 5.02. The van der Waals surface area contributed by atoms with Gasteiger partial charge in [-0.05, 0) is 44.2 Å². The Bertz CT molecular complexity index is 374. The first-order valence-electron chi connectivity index (χ1n) is 7.80. The summed E-state index contributed by atoms with van der Waals surface area (Å²) in [5, 5.41) is 0. The first-order valence-corrected chi connectivity index (χ1v) is 7.80. The van der Waals surface area contributed by atoms with Crippen LogP contribution in [0, 0.1) is 0 Å². The summed E-state index contributed by atoms with van der Waals surface area (Å²) in [5.74, 6) is 0.810. The van der Waals surface area contributed by atoms with E-state index in [1.807, 2.05) is 0 Å². The van der Waals surface area contributed by atoms with E-state index >= 15 is 0 Å². The Hall–Kier alpha value is -0.860. The highest BCUT2D eigenvalue weighted by Crippen LogP contribution is 2.34.